The van der Waals surface area contributed by atoms with Gasteiger partial charge in [-0.1, -0.05) is 88.4 Å². The molecule has 0 saturated heterocycles. The fourth-order valence-electron chi connectivity index (χ4n) is 6.56. The molecule has 308 valence electrons. The number of Topliss-reactive ketones (excluding diaryl/α,β-unsaturated/α-hetero) is 1. The lowest BCUT2D eigenvalue weighted by molar-refractivity contribution is -0.384. The van der Waals surface area contributed by atoms with Crippen LogP contribution in [0.1, 0.15) is 69.6 Å². The minimum absolute atomic E-state index is 0. The number of nitrogens with one attached hydrogen (secondary N) is 2. The van der Waals surface area contributed by atoms with Crippen molar-refractivity contribution >= 4 is 41.2 Å². The van der Waals surface area contributed by atoms with Crippen LogP contribution < -0.4 is 27.3 Å². The molecule has 15 heteroatoms. The Morgan fingerprint density at radius 2 is 1.41 bits per heavy atom. The molecular formula is C43H51N5O10. The molecule has 0 bridgehead atoms. The molecule has 1 aliphatic carbocycles. The number of esters is 1. The molecule has 0 fully saturated rings. The standard InChI is InChI=1S/C41H42N4O10.C2H6.H3N/c1-25(2)37(39(48)53-24-35-33-11-5-3-9-31(33)32-10-4-6-12-34(32)35)36(46)22-27(8-7-21-43-40(42)49)38(47)44-28-15-13-26(14-16-28)23-54-41(50)55-30-19-17-29(18-20-30)45(51)52;1-2;/h3-6,9-20,25,27,35,37H,7-8,21-24H2,1-2H3,(H,44,47)(H3,42,43,49);1-2H3;1H3/t27-,37+;;/m1../s1. The molecule has 15 nitrogen and oxygen atoms in total. The minimum Gasteiger partial charge on any atom is -0.464 e. The maximum atomic E-state index is 13.8. The van der Waals surface area contributed by atoms with Gasteiger partial charge < -0.3 is 36.7 Å². The molecule has 0 spiro atoms. The molecule has 7 N–H and O–H groups in total. The van der Waals surface area contributed by atoms with Gasteiger partial charge in [-0.15, -0.1) is 0 Å². The smallest absolute Gasteiger partial charge is 0.464 e. The Bertz CT molecular complexity index is 1990. The fraction of sp³-hybridized carbons (Fsp3) is 0.326. The Balaban J connectivity index is 0.00000295. The summed E-state index contributed by atoms with van der Waals surface area (Å²) in [7, 11) is 0. The van der Waals surface area contributed by atoms with Crippen molar-refractivity contribution < 1.29 is 43.1 Å². The lowest BCUT2D eigenvalue weighted by Crippen LogP contribution is -2.35. The third-order valence-electron chi connectivity index (χ3n) is 9.30. The Morgan fingerprint density at radius 3 is 1.97 bits per heavy atom. The number of amides is 3. The van der Waals surface area contributed by atoms with E-state index in [1.807, 2.05) is 62.4 Å². The van der Waals surface area contributed by atoms with Gasteiger partial charge in [-0.25, -0.2) is 9.59 Å². The Morgan fingerprint density at radius 1 is 0.828 bits per heavy atom. The number of carbonyl (C=O) groups is 5. The molecule has 3 amide bonds. The van der Waals surface area contributed by atoms with E-state index in [1.165, 1.54) is 24.3 Å². The molecular weight excluding hydrogens is 746 g/mol. The highest BCUT2D eigenvalue weighted by Crippen LogP contribution is 2.44. The zero-order valence-electron chi connectivity index (χ0n) is 33.1. The molecule has 0 unspecified atom stereocenters. The van der Waals surface area contributed by atoms with E-state index >= 15 is 0 Å². The number of primary amides is 1. The first-order valence-electron chi connectivity index (χ1n) is 18.8. The van der Waals surface area contributed by atoms with Crippen LogP contribution in [0.25, 0.3) is 11.1 Å². The number of fused-ring (bicyclic) bond motifs is 3. The van der Waals surface area contributed by atoms with Crippen molar-refractivity contribution in [2.24, 2.45) is 23.5 Å². The molecule has 2 atom stereocenters. The van der Waals surface area contributed by atoms with Crippen molar-refractivity contribution in [3.05, 3.63) is 124 Å². The summed E-state index contributed by atoms with van der Waals surface area (Å²) in [6.07, 6.45) is -0.686. The summed E-state index contributed by atoms with van der Waals surface area (Å²) in [6.45, 7) is 7.62. The number of nitrogens with two attached hydrogens (primary N) is 1. The SMILES string of the molecule is CC.CC(C)[C@@H](C(=O)C[C@@H](CCCNC(N)=O)C(=O)Nc1ccc(COC(=O)Oc2ccc([N+](=O)[O-])cc2)cc1)C(=O)OCC1c2ccccc2-c2ccccc21.N. The minimum atomic E-state index is -1.10. The number of hydrogen-bond donors (Lipinski definition) is 4. The highest BCUT2D eigenvalue weighted by atomic mass is 16.7. The summed E-state index contributed by atoms with van der Waals surface area (Å²) < 4.78 is 16.0. The average molecular weight is 798 g/mol. The van der Waals surface area contributed by atoms with Crippen LogP contribution in [0.3, 0.4) is 0 Å². The van der Waals surface area contributed by atoms with Gasteiger partial charge in [0.2, 0.25) is 5.91 Å². The van der Waals surface area contributed by atoms with E-state index in [4.69, 9.17) is 19.9 Å². The van der Waals surface area contributed by atoms with Gasteiger partial charge in [0.15, 0.2) is 0 Å². The predicted molar refractivity (Wildman–Crippen MR) is 218 cm³/mol. The van der Waals surface area contributed by atoms with Gasteiger partial charge in [-0.05, 0) is 70.8 Å². The van der Waals surface area contributed by atoms with Crippen LogP contribution in [-0.2, 0) is 30.5 Å². The number of nitro benzene ring substituents is 1. The second-order valence-corrected chi connectivity index (χ2v) is 13.5. The Kier molecular flexibility index (Phi) is 17.5. The van der Waals surface area contributed by atoms with Gasteiger partial charge in [0, 0.05) is 42.6 Å². The first-order chi connectivity index (χ1) is 27.4. The molecule has 58 heavy (non-hydrogen) atoms. The monoisotopic (exact) mass is 797 g/mol. The average Bonchev–Trinajstić information content (AvgIpc) is 3.52. The summed E-state index contributed by atoms with van der Waals surface area (Å²) in [5.41, 5.74) is 10.3. The van der Waals surface area contributed by atoms with Crippen LogP contribution in [0, 0.1) is 27.9 Å². The number of hydrogen-bond acceptors (Lipinski definition) is 11. The van der Waals surface area contributed by atoms with E-state index in [0.29, 0.717) is 17.7 Å². The molecule has 0 aliphatic heterocycles. The predicted octanol–water partition coefficient (Wildman–Crippen LogP) is 8.09. The summed E-state index contributed by atoms with van der Waals surface area (Å²) in [5.74, 6) is -3.98. The summed E-state index contributed by atoms with van der Waals surface area (Å²) in [5, 5.41) is 16.1. The quantitative estimate of drug-likeness (QED) is 0.0199. The first-order valence-corrected chi connectivity index (χ1v) is 18.8. The molecule has 0 radical (unpaired) electrons. The van der Waals surface area contributed by atoms with Gasteiger partial charge in [0.1, 0.15) is 30.7 Å². The van der Waals surface area contributed by atoms with Crippen LogP contribution in [-0.4, -0.2) is 47.9 Å². The van der Waals surface area contributed by atoms with Crippen LogP contribution in [0.4, 0.5) is 21.0 Å². The van der Waals surface area contributed by atoms with Gasteiger partial charge in [-0.2, -0.15) is 0 Å². The van der Waals surface area contributed by atoms with E-state index in [-0.39, 0.29) is 56.1 Å². The van der Waals surface area contributed by atoms with Crippen LogP contribution >= 0.6 is 0 Å². The van der Waals surface area contributed by atoms with Crippen molar-refractivity contribution in [3.63, 3.8) is 0 Å². The highest BCUT2D eigenvalue weighted by Gasteiger charge is 2.36. The number of non-ortho nitro benzene ring substituents is 1. The van der Waals surface area contributed by atoms with Crippen molar-refractivity contribution in [2.75, 3.05) is 18.5 Å². The first kappa shape index (κ1) is 45.8. The molecule has 0 aromatic heterocycles. The number of urea groups is 1. The van der Waals surface area contributed by atoms with E-state index in [1.54, 1.807) is 38.1 Å². The number of carbonyl (C=O) groups excluding carboxylic acids is 5. The molecule has 5 rings (SSSR count). The normalized spacial score (nSPS) is 12.2. The lowest BCUT2D eigenvalue weighted by Gasteiger charge is -2.23. The Hall–Kier alpha value is -6.61. The number of nitro groups is 1. The second-order valence-electron chi connectivity index (χ2n) is 13.5. The molecule has 4 aromatic carbocycles. The van der Waals surface area contributed by atoms with E-state index in [9.17, 15) is 34.1 Å². The van der Waals surface area contributed by atoms with Crippen LogP contribution in [0.5, 0.6) is 5.75 Å². The molecule has 0 saturated carbocycles. The second kappa shape index (κ2) is 22.2. The number of nitrogens with zero attached hydrogens (tertiary/aromatic N) is 1. The summed E-state index contributed by atoms with van der Waals surface area (Å²) in [4.78, 5) is 74.5. The third-order valence-corrected chi connectivity index (χ3v) is 9.30. The zero-order chi connectivity index (χ0) is 41.5. The zero-order valence-corrected chi connectivity index (χ0v) is 33.1. The maximum Gasteiger partial charge on any atom is 0.514 e. The van der Waals surface area contributed by atoms with Gasteiger partial charge in [0.25, 0.3) is 5.69 Å². The molecule has 4 aromatic rings. The van der Waals surface area contributed by atoms with Crippen LogP contribution in [0.2, 0.25) is 0 Å². The Labute approximate surface area is 337 Å². The van der Waals surface area contributed by atoms with E-state index in [2.05, 4.69) is 10.6 Å². The van der Waals surface area contributed by atoms with Crippen molar-refractivity contribution in [2.45, 2.75) is 59.5 Å². The number of benzene rings is 4. The molecule has 1 aliphatic rings. The van der Waals surface area contributed by atoms with Crippen molar-refractivity contribution in [3.8, 4) is 16.9 Å². The third kappa shape index (κ3) is 12.4. The topological polar surface area (TPSA) is 241 Å². The lowest BCUT2D eigenvalue weighted by atomic mass is 9.85. The van der Waals surface area contributed by atoms with E-state index < -0.39 is 52.5 Å². The highest BCUT2D eigenvalue weighted by molar-refractivity contribution is 6.02. The van der Waals surface area contributed by atoms with E-state index in [0.717, 1.165) is 22.3 Å². The maximum absolute atomic E-state index is 13.8. The van der Waals surface area contributed by atoms with Gasteiger partial charge >= 0.3 is 18.2 Å². The number of ketones is 1. The number of ether oxygens (including phenoxy) is 3. The molecule has 0 heterocycles. The number of anilines is 1. The van der Waals surface area contributed by atoms with Gasteiger partial charge in [-0.3, -0.25) is 24.5 Å². The van der Waals surface area contributed by atoms with Crippen LogP contribution in [0.15, 0.2) is 97.1 Å². The summed E-state index contributed by atoms with van der Waals surface area (Å²) in [6, 6.07) is 26.6. The fourth-order valence-corrected chi connectivity index (χ4v) is 6.56. The largest absolute Gasteiger partial charge is 0.514 e. The summed E-state index contributed by atoms with van der Waals surface area (Å²) >= 11 is 0. The van der Waals surface area contributed by atoms with Gasteiger partial charge in [0.05, 0.1) is 4.92 Å². The van der Waals surface area contributed by atoms with Crippen molar-refractivity contribution in [1.29, 1.82) is 0 Å². The number of rotatable bonds is 17. The van der Waals surface area contributed by atoms with Crippen molar-refractivity contribution in [1.82, 2.24) is 11.5 Å².